The van der Waals surface area contributed by atoms with Crippen LogP contribution >= 0.6 is 0 Å². The van der Waals surface area contributed by atoms with Crippen LogP contribution in [0.2, 0.25) is 13.1 Å². The summed E-state index contributed by atoms with van der Waals surface area (Å²) in [6.07, 6.45) is 0. The van der Waals surface area contributed by atoms with Crippen LogP contribution in [0.5, 0.6) is 0 Å². The third kappa shape index (κ3) is 7.23. The predicted octanol–water partition coefficient (Wildman–Crippen LogP) is 14.6. The summed E-state index contributed by atoms with van der Waals surface area (Å²) in [5, 5.41) is 2.60. The molecule has 2 nitrogen and oxygen atoms in total. The number of fused-ring (bicyclic) bond motifs is 3. The largest absolute Gasteiger partial charge is 0.237 e. The fourth-order valence-corrected chi connectivity index (χ4v) is 12.2. The molecule has 9 aromatic carbocycles. The lowest BCUT2D eigenvalue weighted by Crippen LogP contribution is -2.50. The van der Waals surface area contributed by atoms with Gasteiger partial charge in [-0.2, -0.15) is 0 Å². The van der Waals surface area contributed by atoms with Crippen molar-refractivity contribution in [3.05, 3.63) is 231 Å². The number of aromatic nitrogens is 2. The van der Waals surface area contributed by atoms with Gasteiger partial charge in [0.2, 0.25) is 0 Å². The van der Waals surface area contributed by atoms with E-state index in [-0.39, 0.29) is 0 Å². The molecule has 63 heavy (non-hydrogen) atoms. The van der Waals surface area contributed by atoms with Crippen LogP contribution in [0.3, 0.4) is 0 Å². The lowest BCUT2D eigenvalue weighted by molar-refractivity contribution is 1.21. The molecule has 0 atom stereocenters. The van der Waals surface area contributed by atoms with Gasteiger partial charge in [-0.3, -0.25) is 0 Å². The van der Waals surface area contributed by atoms with Gasteiger partial charge >= 0.3 is 0 Å². The van der Waals surface area contributed by atoms with Gasteiger partial charge in [0.25, 0.3) is 0 Å². The highest BCUT2D eigenvalue weighted by Gasteiger charge is 2.41. The van der Waals surface area contributed by atoms with Crippen molar-refractivity contribution < 1.29 is 0 Å². The summed E-state index contributed by atoms with van der Waals surface area (Å²) in [6.45, 7) is 4.87. The Morgan fingerprint density at radius 2 is 0.635 bits per heavy atom. The Labute approximate surface area is 370 Å². The van der Waals surface area contributed by atoms with Crippen LogP contribution in [0.15, 0.2) is 231 Å². The molecule has 1 aliphatic heterocycles. The van der Waals surface area contributed by atoms with Crippen molar-refractivity contribution in [1.29, 1.82) is 0 Å². The monoisotopic (exact) mass is 820 g/mol. The smallest absolute Gasteiger partial charge is 0.159 e. The molecule has 0 N–H and O–H groups in total. The van der Waals surface area contributed by atoms with E-state index in [2.05, 4.69) is 244 Å². The number of rotatable bonds is 8. The zero-order valence-corrected chi connectivity index (χ0v) is 36.3. The molecule has 0 aliphatic carbocycles. The lowest BCUT2D eigenvalue weighted by atomic mass is 9.92. The second kappa shape index (κ2) is 16.0. The summed E-state index contributed by atoms with van der Waals surface area (Å²) < 4.78 is 0. The summed E-state index contributed by atoms with van der Waals surface area (Å²) in [6, 6.07) is 83.2. The third-order valence-electron chi connectivity index (χ3n) is 12.6. The summed E-state index contributed by atoms with van der Waals surface area (Å²) in [5.74, 6) is 0.759. The molecule has 3 heteroatoms. The van der Waals surface area contributed by atoms with Crippen LogP contribution < -0.4 is 10.5 Å². The summed E-state index contributed by atoms with van der Waals surface area (Å²) in [5.41, 5.74) is 19.7. The van der Waals surface area contributed by atoms with E-state index in [1.807, 2.05) is 0 Å². The maximum absolute atomic E-state index is 5.56. The van der Waals surface area contributed by atoms with Gasteiger partial charge in [-0.25, -0.2) is 9.97 Å². The van der Waals surface area contributed by atoms with Gasteiger partial charge in [0.05, 0.1) is 5.69 Å². The molecule has 0 radical (unpaired) electrons. The van der Waals surface area contributed by atoms with Crippen LogP contribution in [0.1, 0.15) is 0 Å². The zero-order chi connectivity index (χ0) is 42.3. The second-order valence-electron chi connectivity index (χ2n) is 17.0. The third-order valence-corrected chi connectivity index (χ3v) is 16.0. The normalized spacial score (nSPS) is 12.4. The Balaban J connectivity index is 1.02. The summed E-state index contributed by atoms with van der Waals surface area (Å²) >= 11 is 0. The van der Waals surface area contributed by atoms with Gasteiger partial charge in [0.15, 0.2) is 5.82 Å². The van der Waals surface area contributed by atoms with Crippen molar-refractivity contribution in [2.75, 3.05) is 0 Å². The van der Waals surface area contributed by atoms with Crippen molar-refractivity contribution in [2.24, 2.45) is 0 Å². The highest BCUT2D eigenvalue weighted by molar-refractivity contribution is 7.03. The number of hydrogen-bond donors (Lipinski definition) is 0. The minimum absolute atomic E-state index is 0.759. The average molecular weight is 821 g/mol. The Hall–Kier alpha value is -7.72. The van der Waals surface area contributed by atoms with Crippen molar-refractivity contribution in [3.63, 3.8) is 0 Å². The Morgan fingerprint density at radius 1 is 0.286 bits per heavy atom. The first kappa shape index (κ1) is 38.2. The van der Waals surface area contributed by atoms with Crippen molar-refractivity contribution in [2.45, 2.75) is 13.1 Å². The molecule has 0 spiro atoms. The van der Waals surface area contributed by atoms with E-state index in [9.17, 15) is 0 Å². The maximum atomic E-state index is 5.56. The molecule has 0 saturated carbocycles. The van der Waals surface area contributed by atoms with Crippen LogP contribution in [-0.2, 0) is 0 Å². The van der Waals surface area contributed by atoms with Gasteiger partial charge in [-0.1, -0.05) is 207 Å². The lowest BCUT2D eigenvalue weighted by Gasteiger charge is -2.19. The Bertz CT molecular complexity index is 3230. The van der Waals surface area contributed by atoms with E-state index in [1.54, 1.807) is 0 Å². The van der Waals surface area contributed by atoms with Gasteiger partial charge in [0.1, 0.15) is 8.07 Å². The van der Waals surface area contributed by atoms with Gasteiger partial charge in [-0.15, -0.1) is 0 Å². The van der Waals surface area contributed by atoms with E-state index >= 15 is 0 Å². The van der Waals surface area contributed by atoms with E-state index in [0.717, 1.165) is 39.3 Å². The van der Waals surface area contributed by atoms with Crippen LogP contribution in [0.4, 0.5) is 0 Å². The Kier molecular flexibility index (Phi) is 9.68. The highest BCUT2D eigenvalue weighted by Crippen LogP contribution is 2.40. The standard InChI is InChI=1S/C60H44N2Si/c1-63(2)56-30-13-12-29-55(56)57-58(50-27-15-26-49(36-50)54-39-52(42-19-8-4-9-20-42)38-53(40-54)43-21-10-5-11-22-43)61-59(62-60(57)63)51-28-16-25-48(37-51)47-24-14-23-46(35-47)45-33-31-44(32-34-45)41-17-6-3-7-18-41/h3-40H,1-2H3. The first-order valence-corrected chi connectivity index (χ1v) is 24.7. The molecular formula is C60H44N2Si. The minimum atomic E-state index is -2.18. The number of nitrogens with zero attached hydrogens (tertiary/aromatic N) is 2. The molecule has 11 rings (SSSR count). The fraction of sp³-hybridized carbons (Fsp3) is 0.0333. The molecule has 298 valence electrons. The van der Waals surface area contributed by atoms with Gasteiger partial charge in [-0.05, 0) is 114 Å². The number of benzene rings is 9. The summed E-state index contributed by atoms with van der Waals surface area (Å²) in [7, 11) is -2.18. The fourth-order valence-electron chi connectivity index (χ4n) is 9.32. The van der Waals surface area contributed by atoms with Crippen LogP contribution in [0.25, 0.3) is 101 Å². The first-order chi connectivity index (χ1) is 31.0. The maximum Gasteiger partial charge on any atom is 0.159 e. The second-order valence-corrected chi connectivity index (χ2v) is 21.3. The Morgan fingerprint density at radius 3 is 1.21 bits per heavy atom. The van der Waals surface area contributed by atoms with Crippen molar-refractivity contribution >= 4 is 18.6 Å². The predicted molar refractivity (Wildman–Crippen MR) is 268 cm³/mol. The van der Waals surface area contributed by atoms with E-state index < -0.39 is 8.07 Å². The first-order valence-electron chi connectivity index (χ1n) is 21.7. The molecule has 0 unspecified atom stereocenters. The van der Waals surface area contributed by atoms with Crippen LogP contribution in [0, 0.1) is 0 Å². The quantitative estimate of drug-likeness (QED) is 0.143. The SMILES string of the molecule is C[Si]1(C)c2ccccc2-c2c(-c3cccc(-c4cc(-c5ccccc5)cc(-c5ccccc5)c4)c3)nc(-c3cccc(-c4cccc(-c5ccc(-c6ccccc6)cc5)c4)c3)nc21. The van der Waals surface area contributed by atoms with Gasteiger partial charge in [0, 0.05) is 22.0 Å². The van der Waals surface area contributed by atoms with Crippen molar-refractivity contribution in [3.8, 4) is 101 Å². The number of hydrogen-bond acceptors (Lipinski definition) is 2. The van der Waals surface area contributed by atoms with E-state index in [1.165, 1.54) is 71.7 Å². The molecule has 10 aromatic rings. The van der Waals surface area contributed by atoms with Gasteiger partial charge < -0.3 is 0 Å². The molecule has 2 heterocycles. The summed E-state index contributed by atoms with van der Waals surface area (Å²) in [4.78, 5) is 11.1. The minimum Gasteiger partial charge on any atom is -0.237 e. The molecule has 1 aliphatic rings. The molecular weight excluding hydrogens is 777 g/mol. The molecule has 1 aromatic heterocycles. The molecule has 0 amide bonds. The van der Waals surface area contributed by atoms with Crippen molar-refractivity contribution in [1.82, 2.24) is 9.97 Å². The van der Waals surface area contributed by atoms with E-state index in [4.69, 9.17) is 9.97 Å². The molecule has 0 fully saturated rings. The zero-order valence-electron chi connectivity index (χ0n) is 35.3. The molecule has 0 saturated heterocycles. The average Bonchev–Trinajstić information content (AvgIpc) is 3.60. The molecule has 0 bridgehead atoms. The van der Waals surface area contributed by atoms with Crippen LogP contribution in [-0.4, -0.2) is 18.0 Å². The highest BCUT2D eigenvalue weighted by atomic mass is 28.3. The van der Waals surface area contributed by atoms with E-state index in [0.29, 0.717) is 0 Å². The topological polar surface area (TPSA) is 25.8 Å².